The molecule has 3 aromatic rings. The highest BCUT2D eigenvalue weighted by molar-refractivity contribution is 7.89. The van der Waals surface area contributed by atoms with Crippen LogP contribution in [0.15, 0.2) is 41.6 Å². The molecule has 4 rings (SSSR count). The Labute approximate surface area is 158 Å². The van der Waals surface area contributed by atoms with E-state index in [1.807, 2.05) is 26.0 Å². The van der Waals surface area contributed by atoms with Crippen molar-refractivity contribution >= 4 is 26.9 Å². The number of rotatable bonds is 4. The molecule has 0 bridgehead atoms. The van der Waals surface area contributed by atoms with Crippen LogP contribution in [0.2, 0.25) is 0 Å². The summed E-state index contributed by atoms with van der Waals surface area (Å²) in [5, 5.41) is 1.01. The van der Waals surface area contributed by atoms with Gasteiger partial charge in [-0.25, -0.2) is 23.1 Å². The molecule has 8 heteroatoms. The summed E-state index contributed by atoms with van der Waals surface area (Å²) in [6.45, 7) is 5.43. The Kier molecular flexibility index (Phi) is 4.61. The van der Waals surface area contributed by atoms with Crippen molar-refractivity contribution in [2.24, 2.45) is 0 Å². The molecule has 3 heterocycles. The van der Waals surface area contributed by atoms with Crippen molar-refractivity contribution in [3.8, 4) is 0 Å². The summed E-state index contributed by atoms with van der Waals surface area (Å²) in [4.78, 5) is 14.5. The predicted molar refractivity (Wildman–Crippen MR) is 105 cm³/mol. The molecule has 1 saturated heterocycles. The Morgan fingerprint density at radius 1 is 1.11 bits per heavy atom. The summed E-state index contributed by atoms with van der Waals surface area (Å²) in [5.74, 6) is 0.907. The predicted octanol–water partition coefficient (Wildman–Crippen LogP) is 2.52. The van der Waals surface area contributed by atoms with E-state index in [9.17, 15) is 8.42 Å². The van der Waals surface area contributed by atoms with Gasteiger partial charge in [-0.15, -0.1) is 0 Å². The van der Waals surface area contributed by atoms with Crippen molar-refractivity contribution in [3.63, 3.8) is 0 Å². The van der Waals surface area contributed by atoms with Crippen LogP contribution >= 0.6 is 0 Å². The van der Waals surface area contributed by atoms with Crippen molar-refractivity contribution in [1.82, 2.24) is 19.7 Å². The molecule has 0 saturated carbocycles. The third-order valence-electron chi connectivity index (χ3n) is 4.99. The maximum atomic E-state index is 12.6. The fraction of sp³-hybridized carbons (Fsp3) is 0.368. The van der Waals surface area contributed by atoms with E-state index in [1.54, 1.807) is 18.5 Å². The van der Waals surface area contributed by atoms with Gasteiger partial charge in [0.05, 0.1) is 10.3 Å². The molecule has 2 aromatic heterocycles. The molecule has 142 valence electrons. The quantitative estimate of drug-likeness (QED) is 0.720. The topological polar surface area (TPSA) is 91.0 Å². The lowest BCUT2D eigenvalue weighted by molar-refractivity contribution is 0.459. The Morgan fingerprint density at radius 2 is 1.81 bits per heavy atom. The number of H-pyrrole nitrogens is 1. The molecule has 2 N–H and O–H groups in total. The number of aromatic amines is 1. The van der Waals surface area contributed by atoms with Crippen LogP contribution in [0.3, 0.4) is 0 Å². The van der Waals surface area contributed by atoms with E-state index >= 15 is 0 Å². The van der Waals surface area contributed by atoms with Gasteiger partial charge < -0.3 is 9.88 Å². The molecule has 0 atom stereocenters. The molecule has 7 nitrogen and oxygen atoms in total. The maximum Gasteiger partial charge on any atom is 0.240 e. The van der Waals surface area contributed by atoms with Gasteiger partial charge in [-0.3, -0.25) is 0 Å². The maximum absolute atomic E-state index is 12.6. The lowest BCUT2D eigenvalue weighted by Gasteiger charge is -2.33. The van der Waals surface area contributed by atoms with Crippen LogP contribution < -0.4 is 9.62 Å². The van der Waals surface area contributed by atoms with E-state index in [4.69, 9.17) is 0 Å². The SMILES string of the molecule is Cc1ccc(S(=O)(=O)NC2CCN(c3ncnc4[nH]c(C)cc34)CC2)cc1. The highest BCUT2D eigenvalue weighted by atomic mass is 32.2. The molecule has 1 fully saturated rings. The molecule has 0 spiro atoms. The average molecular weight is 385 g/mol. The van der Waals surface area contributed by atoms with Gasteiger partial charge in [0.15, 0.2) is 0 Å². The van der Waals surface area contributed by atoms with E-state index in [1.165, 1.54) is 0 Å². The normalized spacial score (nSPS) is 16.1. The number of hydrogen-bond acceptors (Lipinski definition) is 5. The van der Waals surface area contributed by atoms with E-state index < -0.39 is 10.0 Å². The van der Waals surface area contributed by atoms with E-state index in [0.29, 0.717) is 4.90 Å². The Balaban J connectivity index is 1.45. The number of aryl methyl sites for hydroxylation is 2. The van der Waals surface area contributed by atoms with Crippen molar-refractivity contribution in [2.45, 2.75) is 37.6 Å². The van der Waals surface area contributed by atoms with E-state index in [2.05, 4.69) is 30.6 Å². The number of benzene rings is 1. The van der Waals surface area contributed by atoms with Gasteiger partial charge in [-0.1, -0.05) is 17.7 Å². The molecular weight excluding hydrogens is 362 g/mol. The van der Waals surface area contributed by atoms with Crippen LogP contribution in [-0.2, 0) is 10.0 Å². The monoisotopic (exact) mass is 385 g/mol. The average Bonchev–Trinajstić information content (AvgIpc) is 3.02. The second kappa shape index (κ2) is 6.94. The van der Waals surface area contributed by atoms with Crippen molar-refractivity contribution in [3.05, 3.63) is 47.9 Å². The smallest absolute Gasteiger partial charge is 0.240 e. The number of aromatic nitrogens is 3. The molecule has 1 aliphatic rings. The molecule has 27 heavy (non-hydrogen) atoms. The first-order valence-corrected chi connectivity index (χ1v) is 10.5. The molecule has 0 aliphatic carbocycles. The van der Waals surface area contributed by atoms with Gasteiger partial charge in [0, 0.05) is 24.8 Å². The molecule has 1 aliphatic heterocycles. The summed E-state index contributed by atoms with van der Waals surface area (Å²) >= 11 is 0. The van der Waals surface area contributed by atoms with Crippen molar-refractivity contribution in [2.75, 3.05) is 18.0 Å². The summed E-state index contributed by atoms with van der Waals surface area (Å²) in [5.41, 5.74) is 2.92. The van der Waals surface area contributed by atoms with Gasteiger partial charge in [-0.05, 0) is 44.9 Å². The fourth-order valence-electron chi connectivity index (χ4n) is 3.52. The lowest BCUT2D eigenvalue weighted by atomic mass is 10.1. The Morgan fingerprint density at radius 3 is 2.52 bits per heavy atom. The number of nitrogens with one attached hydrogen (secondary N) is 2. The van der Waals surface area contributed by atoms with Crippen molar-refractivity contribution < 1.29 is 8.42 Å². The molecule has 0 amide bonds. The van der Waals surface area contributed by atoms with E-state index in [0.717, 1.165) is 54.0 Å². The zero-order valence-corrected chi connectivity index (χ0v) is 16.3. The number of hydrogen-bond donors (Lipinski definition) is 2. The number of anilines is 1. The van der Waals surface area contributed by atoms with Gasteiger partial charge >= 0.3 is 0 Å². The van der Waals surface area contributed by atoms with Gasteiger partial charge in [0.2, 0.25) is 10.0 Å². The summed E-state index contributed by atoms with van der Waals surface area (Å²) in [6.07, 6.45) is 3.04. The second-order valence-corrected chi connectivity index (χ2v) is 8.82. The second-order valence-electron chi connectivity index (χ2n) is 7.11. The van der Waals surface area contributed by atoms with Crippen molar-refractivity contribution in [1.29, 1.82) is 0 Å². The van der Waals surface area contributed by atoms with Crippen LogP contribution in [0.25, 0.3) is 11.0 Å². The number of sulfonamides is 1. The van der Waals surface area contributed by atoms with Crippen LogP contribution in [0, 0.1) is 13.8 Å². The van der Waals surface area contributed by atoms with Gasteiger partial charge in [-0.2, -0.15) is 0 Å². The first kappa shape index (κ1) is 17.9. The third-order valence-corrected chi connectivity index (χ3v) is 6.52. The van der Waals surface area contributed by atoms with Crippen LogP contribution in [0.1, 0.15) is 24.1 Å². The Bertz CT molecular complexity index is 1050. The standard InChI is InChI=1S/C19H23N5O2S/c1-13-3-5-16(6-4-13)27(25,26)23-15-7-9-24(10-8-15)19-17-11-14(2)22-18(17)20-12-21-19/h3-6,11-12,15,23H,7-10H2,1-2H3,(H,20,21,22). The minimum atomic E-state index is -3.49. The minimum Gasteiger partial charge on any atom is -0.356 e. The lowest BCUT2D eigenvalue weighted by Crippen LogP contribution is -2.44. The van der Waals surface area contributed by atoms with Gasteiger partial charge in [0.25, 0.3) is 0 Å². The minimum absolute atomic E-state index is 0.0714. The highest BCUT2D eigenvalue weighted by Crippen LogP contribution is 2.26. The number of nitrogens with zero attached hydrogens (tertiary/aromatic N) is 3. The fourth-order valence-corrected chi connectivity index (χ4v) is 4.83. The summed E-state index contributed by atoms with van der Waals surface area (Å²) in [7, 11) is -3.49. The van der Waals surface area contributed by atoms with E-state index in [-0.39, 0.29) is 6.04 Å². The Hall–Kier alpha value is -2.45. The summed E-state index contributed by atoms with van der Waals surface area (Å²) < 4.78 is 28.0. The molecule has 0 unspecified atom stereocenters. The first-order chi connectivity index (χ1) is 12.9. The molecule has 0 radical (unpaired) electrons. The van der Waals surface area contributed by atoms with Crippen LogP contribution in [0.4, 0.5) is 5.82 Å². The zero-order valence-electron chi connectivity index (χ0n) is 15.4. The number of piperidine rings is 1. The summed E-state index contributed by atoms with van der Waals surface area (Å²) in [6, 6.07) is 8.92. The first-order valence-electron chi connectivity index (χ1n) is 9.07. The third kappa shape index (κ3) is 3.68. The van der Waals surface area contributed by atoms with Gasteiger partial charge in [0.1, 0.15) is 17.8 Å². The number of fused-ring (bicyclic) bond motifs is 1. The van der Waals surface area contributed by atoms with Crippen LogP contribution in [0.5, 0.6) is 0 Å². The molecular formula is C19H23N5O2S. The highest BCUT2D eigenvalue weighted by Gasteiger charge is 2.26. The molecule has 1 aromatic carbocycles. The van der Waals surface area contributed by atoms with Crippen LogP contribution in [-0.4, -0.2) is 42.5 Å². The largest absolute Gasteiger partial charge is 0.356 e. The zero-order chi connectivity index (χ0) is 19.0.